The number of ether oxygens (including phenoxy) is 2. The molecular weight excluding hydrogens is 635 g/mol. The van der Waals surface area contributed by atoms with Crippen molar-refractivity contribution >= 4 is 46.1 Å². The molecule has 0 aliphatic carbocycles. The maximum absolute atomic E-state index is 13.0. The summed E-state index contributed by atoms with van der Waals surface area (Å²) in [6.45, 7) is 4.38. The zero-order valence-electron chi connectivity index (χ0n) is 27.0. The number of carbonyl (C=O) groups excluding carboxylic acids is 2. The highest BCUT2D eigenvalue weighted by Crippen LogP contribution is 2.33. The largest absolute Gasteiger partial charge is 0.497 e. The fraction of sp³-hybridized carbons (Fsp3) is 0.103. The summed E-state index contributed by atoms with van der Waals surface area (Å²) in [5.41, 5.74) is 5.42. The van der Waals surface area contributed by atoms with Crippen LogP contribution in [0, 0.1) is 0 Å². The molecule has 9 nitrogen and oxygen atoms in total. The molecule has 4 aromatic carbocycles. The lowest BCUT2D eigenvalue weighted by Gasteiger charge is -2.12. The van der Waals surface area contributed by atoms with Crippen LogP contribution in [0.4, 0.5) is 5.69 Å². The fourth-order valence-electron chi connectivity index (χ4n) is 5.19. The van der Waals surface area contributed by atoms with Crippen LogP contribution in [0.25, 0.3) is 39.6 Å². The maximum Gasteiger partial charge on any atom is 0.234 e. The molecule has 2 aromatic heterocycles. The van der Waals surface area contributed by atoms with Gasteiger partial charge in [-0.15, -0.1) is 16.8 Å². The second kappa shape index (κ2) is 15.3. The van der Waals surface area contributed by atoms with Crippen LogP contribution < -0.4 is 14.8 Å². The van der Waals surface area contributed by atoms with E-state index >= 15 is 0 Å². The molecule has 6 rings (SSSR count). The van der Waals surface area contributed by atoms with E-state index in [4.69, 9.17) is 14.5 Å². The first kappa shape index (κ1) is 32.9. The van der Waals surface area contributed by atoms with Crippen molar-refractivity contribution in [3.8, 4) is 34.1 Å². The van der Waals surface area contributed by atoms with Crippen molar-refractivity contribution in [3.63, 3.8) is 0 Å². The minimum absolute atomic E-state index is 0.106. The number of pyridine rings is 1. The summed E-state index contributed by atoms with van der Waals surface area (Å²) in [6.07, 6.45) is 5.05. The van der Waals surface area contributed by atoms with Crippen LogP contribution in [0.2, 0.25) is 0 Å². The number of amides is 1. The number of carbonyl (C=O) groups is 2. The van der Waals surface area contributed by atoms with Gasteiger partial charge in [0.15, 0.2) is 16.8 Å². The summed E-state index contributed by atoms with van der Waals surface area (Å²) in [5.74, 6) is 1.92. The molecule has 0 radical (unpaired) electrons. The molecule has 0 aliphatic rings. The van der Waals surface area contributed by atoms with E-state index in [1.807, 2.05) is 83.4 Å². The third kappa shape index (κ3) is 7.77. The van der Waals surface area contributed by atoms with Gasteiger partial charge in [0.1, 0.15) is 11.5 Å². The van der Waals surface area contributed by atoms with Gasteiger partial charge in [0.25, 0.3) is 0 Å². The average Bonchev–Trinajstić information content (AvgIpc) is 3.55. The van der Waals surface area contributed by atoms with Crippen molar-refractivity contribution in [1.29, 1.82) is 0 Å². The topological polar surface area (TPSA) is 108 Å². The smallest absolute Gasteiger partial charge is 0.234 e. The van der Waals surface area contributed by atoms with Crippen LogP contribution in [0.1, 0.15) is 15.9 Å². The number of rotatable bonds is 13. The fourth-order valence-corrected chi connectivity index (χ4v) is 5.93. The van der Waals surface area contributed by atoms with E-state index in [0.717, 1.165) is 44.8 Å². The molecule has 0 bridgehead atoms. The highest BCUT2D eigenvalue weighted by Gasteiger charge is 2.19. The average molecular weight is 668 g/mol. The summed E-state index contributed by atoms with van der Waals surface area (Å²) < 4.78 is 12.4. The van der Waals surface area contributed by atoms with Crippen LogP contribution in [-0.2, 0) is 11.3 Å². The third-order valence-corrected chi connectivity index (χ3v) is 8.67. The number of thioether (sulfide) groups is 1. The first-order valence-corrected chi connectivity index (χ1v) is 16.4. The molecule has 0 unspecified atom stereocenters. The predicted molar refractivity (Wildman–Crippen MR) is 195 cm³/mol. The standard InChI is InChI=1S/C39H33N5O4S/c1-4-23-44-38(33-24-35(27-14-20-31(48-3)21-15-27)41-34-8-6-5-7-32(33)34)42-43-39(44)49-25-37(46)40-29-16-12-28(13-17-29)36(45)22-11-26-9-18-30(47-2)19-10-26/h4-22,24H,1,23,25H2,2-3H3,(H,40,46)/b22-11+. The van der Waals surface area contributed by atoms with Crippen molar-refractivity contribution in [3.05, 3.63) is 133 Å². The Bertz CT molecular complexity index is 2140. The van der Waals surface area contributed by atoms with Gasteiger partial charge in [-0.1, -0.05) is 54.2 Å². The first-order valence-electron chi connectivity index (χ1n) is 15.4. The van der Waals surface area contributed by atoms with E-state index in [-0.39, 0.29) is 17.4 Å². The minimum Gasteiger partial charge on any atom is -0.497 e. The summed E-state index contributed by atoms with van der Waals surface area (Å²) in [5, 5.41) is 13.5. The molecule has 1 amide bonds. The maximum atomic E-state index is 13.0. The van der Waals surface area contributed by atoms with Gasteiger partial charge < -0.3 is 14.8 Å². The quantitative estimate of drug-likeness (QED) is 0.0572. The molecule has 0 spiro atoms. The number of fused-ring (bicyclic) bond motifs is 1. The molecule has 0 saturated carbocycles. The van der Waals surface area contributed by atoms with E-state index in [9.17, 15) is 9.59 Å². The molecule has 6 aromatic rings. The number of anilines is 1. The first-order chi connectivity index (χ1) is 23.9. The molecule has 1 N–H and O–H groups in total. The monoisotopic (exact) mass is 667 g/mol. The summed E-state index contributed by atoms with van der Waals surface area (Å²) >= 11 is 1.28. The number of aromatic nitrogens is 4. The molecule has 2 heterocycles. The zero-order chi connectivity index (χ0) is 34.2. The molecule has 0 saturated heterocycles. The van der Waals surface area contributed by atoms with Gasteiger partial charge in [-0.3, -0.25) is 14.2 Å². The number of hydrogen-bond acceptors (Lipinski definition) is 8. The molecule has 10 heteroatoms. The highest BCUT2D eigenvalue weighted by atomic mass is 32.2. The van der Waals surface area contributed by atoms with Gasteiger partial charge in [0.2, 0.25) is 5.91 Å². The van der Waals surface area contributed by atoms with Crippen molar-refractivity contribution < 1.29 is 19.1 Å². The lowest BCUT2D eigenvalue weighted by molar-refractivity contribution is -0.113. The lowest BCUT2D eigenvalue weighted by Crippen LogP contribution is -2.14. The lowest BCUT2D eigenvalue weighted by atomic mass is 10.0. The van der Waals surface area contributed by atoms with Crippen LogP contribution in [-0.4, -0.2) is 51.4 Å². The van der Waals surface area contributed by atoms with E-state index in [1.54, 1.807) is 50.6 Å². The van der Waals surface area contributed by atoms with Gasteiger partial charge in [-0.05, 0) is 84.4 Å². The second-order valence-electron chi connectivity index (χ2n) is 10.9. The number of nitrogens with zero attached hydrogens (tertiary/aromatic N) is 4. The molecule has 0 fully saturated rings. The zero-order valence-corrected chi connectivity index (χ0v) is 27.8. The molecule has 49 heavy (non-hydrogen) atoms. The Morgan fingerprint density at radius 3 is 2.27 bits per heavy atom. The Labute approximate surface area is 288 Å². The number of ketones is 1. The van der Waals surface area contributed by atoms with E-state index in [1.165, 1.54) is 17.8 Å². The Hall–Kier alpha value is -6.00. The molecule has 244 valence electrons. The SMILES string of the molecule is C=CCn1c(SCC(=O)Nc2ccc(C(=O)/C=C/c3ccc(OC)cc3)cc2)nnc1-c1cc(-c2ccc(OC)cc2)nc2ccccc12. The van der Waals surface area contributed by atoms with Crippen molar-refractivity contribution in [2.45, 2.75) is 11.7 Å². The van der Waals surface area contributed by atoms with Gasteiger partial charge in [0, 0.05) is 34.3 Å². The highest BCUT2D eigenvalue weighted by molar-refractivity contribution is 7.99. The summed E-state index contributed by atoms with van der Waals surface area (Å²) in [6, 6.07) is 31.9. The van der Waals surface area contributed by atoms with Crippen LogP contribution in [0.3, 0.4) is 0 Å². The Kier molecular flexibility index (Phi) is 10.3. The van der Waals surface area contributed by atoms with Gasteiger partial charge in [0.05, 0.1) is 31.2 Å². The van der Waals surface area contributed by atoms with Crippen LogP contribution >= 0.6 is 11.8 Å². The number of allylic oxidation sites excluding steroid dienone is 2. The Balaban J connectivity index is 1.15. The number of nitrogens with one attached hydrogen (secondary N) is 1. The third-order valence-electron chi connectivity index (χ3n) is 7.70. The van der Waals surface area contributed by atoms with Gasteiger partial charge >= 0.3 is 0 Å². The van der Waals surface area contributed by atoms with E-state index < -0.39 is 0 Å². The Morgan fingerprint density at radius 1 is 0.878 bits per heavy atom. The van der Waals surface area contributed by atoms with Crippen molar-refractivity contribution in [1.82, 2.24) is 19.7 Å². The van der Waals surface area contributed by atoms with Crippen molar-refractivity contribution in [2.24, 2.45) is 0 Å². The number of benzene rings is 4. The summed E-state index contributed by atoms with van der Waals surface area (Å²) in [7, 11) is 3.25. The number of para-hydroxylation sites is 1. The summed E-state index contributed by atoms with van der Waals surface area (Å²) in [4.78, 5) is 30.6. The predicted octanol–water partition coefficient (Wildman–Crippen LogP) is 7.99. The Morgan fingerprint density at radius 2 is 1.57 bits per heavy atom. The van der Waals surface area contributed by atoms with Crippen LogP contribution in [0.5, 0.6) is 11.5 Å². The van der Waals surface area contributed by atoms with Crippen molar-refractivity contribution in [2.75, 3.05) is 25.3 Å². The van der Waals surface area contributed by atoms with Gasteiger partial charge in [-0.25, -0.2) is 4.98 Å². The normalized spacial score (nSPS) is 11.1. The molecule has 0 aliphatic heterocycles. The number of hydrogen-bond donors (Lipinski definition) is 1. The van der Waals surface area contributed by atoms with Crippen LogP contribution in [0.15, 0.2) is 127 Å². The van der Waals surface area contributed by atoms with E-state index in [0.29, 0.717) is 28.8 Å². The minimum atomic E-state index is -0.214. The molecular formula is C39H33N5O4S. The van der Waals surface area contributed by atoms with Gasteiger partial charge in [-0.2, -0.15) is 0 Å². The molecule has 0 atom stereocenters. The van der Waals surface area contributed by atoms with E-state index in [2.05, 4.69) is 22.1 Å². The second-order valence-corrected chi connectivity index (χ2v) is 11.8. The number of methoxy groups -OCH3 is 2.